The molecule has 1 N–H and O–H groups in total. The van der Waals surface area contributed by atoms with Crippen LogP contribution in [0.3, 0.4) is 0 Å². The van der Waals surface area contributed by atoms with Crippen LogP contribution in [0.15, 0.2) is 25.3 Å². The molecule has 0 rings (SSSR count). The number of carbonyl (C=O) groups excluding carboxylic acids is 3. The van der Waals surface area contributed by atoms with E-state index in [-0.39, 0.29) is 44.2 Å². The molecule has 30 heavy (non-hydrogen) atoms. The number of ether oxygens (including phenoxy) is 3. The molecule has 11 heteroatoms. The van der Waals surface area contributed by atoms with E-state index in [1.54, 1.807) is 0 Å². The van der Waals surface area contributed by atoms with Gasteiger partial charge in [-0.25, -0.2) is 9.59 Å². The SMILES string of the molecule is [CH2]C(C(C)OC(=O)C=C)(C(C)OC(=O)C=C)C(OC(=O)CCCCC)S(=O)(=O)O.[CaH2]. The number of hydrogen-bond acceptors (Lipinski definition) is 8. The molecule has 0 fully saturated rings. The first-order valence-electron chi connectivity index (χ1n) is 9.01. The van der Waals surface area contributed by atoms with Crippen LogP contribution in [-0.4, -0.2) is 86.3 Å². The second-order valence-electron chi connectivity index (χ2n) is 6.47. The van der Waals surface area contributed by atoms with Gasteiger partial charge in [0.15, 0.2) is 0 Å². The van der Waals surface area contributed by atoms with E-state index in [0.717, 1.165) is 18.6 Å². The zero-order valence-corrected chi connectivity index (χ0v) is 17.8. The van der Waals surface area contributed by atoms with Crippen molar-refractivity contribution in [2.75, 3.05) is 0 Å². The number of rotatable bonds is 13. The van der Waals surface area contributed by atoms with E-state index in [4.69, 9.17) is 14.2 Å². The summed E-state index contributed by atoms with van der Waals surface area (Å²) >= 11 is 0. The van der Waals surface area contributed by atoms with Crippen LogP contribution < -0.4 is 0 Å². The summed E-state index contributed by atoms with van der Waals surface area (Å²) in [6.07, 6.45) is 0.774. The van der Waals surface area contributed by atoms with Crippen LogP contribution >= 0.6 is 0 Å². The first-order chi connectivity index (χ1) is 13.3. The quantitative estimate of drug-likeness (QED) is 0.105. The Hall–Kier alpha value is -0.940. The topological polar surface area (TPSA) is 133 Å². The van der Waals surface area contributed by atoms with Crippen LogP contribution in [0.4, 0.5) is 0 Å². The molecule has 0 heterocycles. The molecule has 0 aromatic heterocycles. The van der Waals surface area contributed by atoms with Crippen LogP contribution in [0.25, 0.3) is 0 Å². The molecule has 169 valence electrons. The van der Waals surface area contributed by atoms with Gasteiger partial charge in [0.25, 0.3) is 0 Å². The van der Waals surface area contributed by atoms with Gasteiger partial charge >= 0.3 is 65.8 Å². The Kier molecular flexibility index (Phi) is 14.8. The molecule has 0 bridgehead atoms. The Bertz CT molecular complexity index is 690. The average Bonchev–Trinajstić information content (AvgIpc) is 2.64. The zero-order chi connectivity index (χ0) is 22.8. The predicted octanol–water partition coefficient (Wildman–Crippen LogP) is 1.46. The molecule has 3 atom stereocenters. The summed E-state index contributed by atoms with van der Waals surface area (Å²) < 4.78 is 49.0. The summed E-state index contributed by atoms with van der Waals surface area (Å²) in [6, 6.07) is 0. The van der Waals surface area contributed by atoms with Crippen LogP contribution in [-0.2, 0) is 38.7 Å². The van der Waals surface area contributed by atoms with E-state index in [2.05, 4.69) is 20.1 Å². The van der Waals surface area contributed by atoms with E-state index in [1.807, 2.05) is 6.92 Å². The van der Waals surface area contributed by atoms with E-state index in [0.29, 0.717) is 12.8 Å². The van der Waals surface area contributed by atoms with Gasteiger partial charge in [0.2, 0.25) is 5.44 Å². The first-order valence-corrected chi connectivity index (χ1v) is 10.5. The molecule has 1 radical (unpaired) electrons. The Morgan fingerprint density at radius 1 is 1.00 bits per heavy atom. The van der Waals surface area contributed by atoms with Crippen molar-refractivity contribution in [2.45, 2.75) is 64.1 Å². The molecule has 0 aliphatic rings. The summed E-state index contributed by atoms with van der Waals surface area (Å²) in [7, 11) is -5.06. The molecule has 0 saturated heterocycles. The van der Waals surface area contributed by atoms with E-state index >= 15 is 0 Å². The van der Waals surface area contributed by atoms with Gasteiger partial charge in [-0.15, -0.1) is 0 Å². The molecule has 0 amide bonds. The molecule has 0 aromatic rings. The van der Waals surface area contributed by atoms with Gasteiger partial charge in [-0.2, -0.15) is 8.42 Å². The number of unbranched alkanes of at least 4 members (excludes halogenated alkanes) is 2. The summed E-state index contributed by atoms with van der Waals surface area (Å²) in [4.78, 5) is 35.4. The zero-order valence-electron chi connectivity index (χ0n) is 17.0. The Morgan fingerprint density at radius 2 is 1.43 bits per heavy atom. The molecular formula is C19H31CaO9S. The molecular weight excluding hydrogens is 444 g/mol. The first kappa shape index (κ1) is 31.2. The predicted molar refractivity (Wildman–Crippen MR) is 113 cm³/mol. The van der Waals surface area contributed by atoms with Crippen molar-refractivity contribution < 1.29 is 41.6 Å². The van der Waals surface area contributed by atoms with Gasteiger partial charge in [0, 0.05) is 18.6 Å². The van der Waals surface area contributed by atoms with Crippen molar-refractivity contribution in [3.63, 3.8) is 0 Å². The maximum absolute atomic E-state index is 12.2. The Morgan fingerprint density at radius 3 is 1.77 bits per heavy atom. The van der Waals surface area contributed by atoms with E-state index in [9.17, 15) is 27.4 Å². The van der Waals surface area contributed by atoms with Gasteiger partial charge in [-0.3, -0.25) is 9.35 Å². The fourth-order valence-corrected chi connectivity index (χ4v) is 3.69. The maximum atomic E-state index is 12.2. The summed E-state index contributed by atoms with van der Waals surface area (Å²) in [5, 5.41) is 0. The molecule has 0 aliphatic carbocycles. The van der Waals surface area contributed by atoms with Gasteiger partial charge in [-0.1, -0.05) is 32.9 Å². The summed E-state index contributed by atoms with van der Waals surface area (Å²) in [6.45, 7) is 14.6. The molecule has 0 aromatic carbocycles. The van der Waals surface area contributed by atoms with Gasteiger partial charge in [0.1, 0.15) is 12.2 Å². The van der Waals surface area contributed by atoms with Crippen LogP contribution in [0, 0.1) is 12.3 Å². The Labute approximate surface area is 207 Å². The van der Waals surface area contributed by atoms with Crippen LogP contribution in [0.2, 0.25) is 0 Å². The monoisotopic (exact) mass is 475 g/mol. The number of hydrogen-bond donors (Lipinski definition) is 1. The average molecular weight is 476 g/mol. The fraction of sp³-hybridized carbons (Fsp3) is 0.579. The molecule has 3 unspecified atom stereocenters. The van der Waals surface area contributed by atoms with Gasteiger partial charge in [0.05, 0.1) is 5.41 Å². The minimum atomic E-state index is -5.06. The molecule has 0 saturated carbocycles. The van der Waals surface area contributed by atoms with Crippen molar-refractivity contribution >= 4 is 65.8 Å². The third kappa shape index (κ3) is 9.47. The van der Waals surface area contributed by atoms with Crippen molar-refractivity contribution in [2.24, 2.45) is 5.41 Å². The van der Waals surface area contributed by atoms with Crippen molar-refractivity contribution in [3.05, 3.63) is 32.2 Å². The van der Waals surface area contributed by atoms with E-state index < -0.39 is 51.1 Å². The molecule has 0 aliphatic heterocycles. The van der Waals surface area contributed by atoms with Crippen LogP contribution in [0.1, 0.15) is 46.5 Å². The van der Waals surface area contributed by atoms with Gasteiger partial charge in [-0.05, 0) is 27.2 Å². The normalized spacial score (nSPS) is 15.9. The third-order valence-corrected chi connectivity index (χ3v) is 5.44. The van der Waals surface area contributed by atoms with Crippen LogP contribution in [0.5, 0.6) is 0 Å². The van der Waals surface area contributed by atoms with Crippen molar-refractivity contribution in [3.8, 4) is 0 Å². The molecule has 0 spiro atoms. The second kappa shape index (κ2) is 14.2. The number of esters is 3. The minimum absolute atomic E-state index is 0. The summed E-state index contributed by atoms with van der Waals surface area (Å²) in [5.74, 6) is -2.74. The second-order valence-corrected chi connectivity index (χ2v) is 7.93. The van der Waals surface area contributed by atoms with E-state index in [1.165, 1.54) is 13.8 Å². The third-order valence-electron chi connectivity index (χ3n) is 4.37. The fourth-order valence-electron chi connectivity index (χ4n) is 2.52. The van der Waals surface area contributed by atoms with Crippen molar-refractivity contribution in [1.29, 1.82) is 0 Å². The standard InChI is InChI=1S/C19H29O9S.Ca.2H/c1-7-10-11-12-17(22)28-18(29(23,24)25)19(6,13(4)26-15(20)8-2)14(5)27-16(21)9-3;;;/h8-9,13-14,18H,2-3,6-7,10-12H2,1,4-5H3,(H,23,24,25);;;. The summed E-state index contributed by atoms with van der Waals surface area (Å²) in [5.41, 5.74) is -4.38. The molecule has 9 nitrogen and oxygen atoms in total. The Balaban J connectivity index is 0. The van der Waals surface area contributed by atoms with Gasteiger partial charge < -0.3 is 14.2 Å². The number of carbonyl (C=O) groups is 3. The van der Waals surface area contributed by atoms with Crippen molar-refractivity contribution in [1.82, 2.24) is 0 Å².